The summed E-state index contributed by atoms with van der Waals surface area (Å²) in [4.78, 5) is 32.6. The van der Waals surface area contributed by atoms with Crippen molar-refractivity contribution in [3.8, 4) is 0 Å². The highest BCUT2D eigenvalue weighted by Gasteiger charge is 2.34. The van der Waals surface area contributed by atoms with E-state index < -0.39 is 0 Å². The van der Waals surface area contributed by atoms with Crippen molar-refractivity contribution >= 4 is 22.7 Å². The minimum Gasteiger partial charge on any atom is -0.381 e. The number of hydrogen-bond donors (Lipinski definition) is 1. The third-order valence-electron chi connectivity index (χ3n) is 6.11. The molecular weight excluding hydrogens is 354 g/mol. The fraction of sp³-hybridized carbons (Fsp3) is 0.545. The molecule has 0 bridgehead atoms. The van der Waals surface area contributed by atoms with Gasteiger partial charge >= 0.3 is 0 Å². The van der Waals surface area contributed by atoms with Crippen molar-refractivity contribution in [2.45, 2.75) is 51.1 Å². The number of ether oxygens (including phenoxy) is 1. The summed E-state index contributed by atoms with van der Waals surface area (Å²) in [7, 11) is 0. The topological polar surface area (TPSA) is 65.6 Å². The van der Waals surface area contributed by atoms with Crippen molar-refractivity contribution in [1.29, 1.82) is 0 Å². The van der Waals surface area contributed by atoms with Crippen LogP contribution in [0.4, 0.5) is 0 Å². The van der Waals surface area contributed by atoms with Crippen LogP contribution in [0.25, 0.3) is 10.9 Å². The summed E-state index contributed by atoms with van der Waals surface area (Å²) in [5, 5.41) is 1.11. The van der Waals surface area contributed by atoms with Crippen LogP contribution in [0.2, 0.25) is 0 Å². The quantitative estimate of drug-likeness (QED) is 0.883. The average Bonchev–Trinajstić information content (AvgIpc) is 3.12. The van der Waals surface area contributed by atoms with Gasteiger partial charge in [0.15, 0.2) is 0 Å². The Kier molecular flexibility index (Phi) is 5.67. The van der Waals surface area contributed by atoms with Crippen molar-refractivity contribution in [1.82, 2.24) is 14.8 Å². The molecule has 2 aliphatic heterocycles. The third-order valence-corrected chi connectivity index (χ3v) is 6.11. The van der Waals surface area contributed by atoms with Crippen LogP contribution in [0.15, 0.2) is 30.5 Å². The lowest BCUT2D eigenvalue weighted by Gasteiger charge is -2.44. The van der Waals surface area contributed by atoms with E-state index in [2.05, 4.69) is 11.1 Å². The van der Waals surface area contributed by atoms with Gasteiger partial charge in [0.25, 0.3) is 0 Å². The number of rotatable bonds is 4. The van der Waals surface area contributed by atoms with Crippen LogP contribution in [-0.2, 0) is 20.7 Å². The van der Waals surface area contributed by atoms with Gasteiger partial charge in [0.2, 0.25) is 11.8 Å². The van der Waals surface area contributed by atoms with Crippen LogP contribution in [0.3, 0.4) is 0 Å². The van der Waals surface area contributed by atoms with Crippen molar-refractivity contribution in [2.75, 3.05) is 26.3 Å². The van der Waals surface area contributed by atoms with Crippen molar-refractivity contribution in [3.63, 3.8) is 0 Å². The number of fused-ring (bicyclic) bond motifs is 1. The maximum absolute atomic E-state index is 13.0. The zero-order valence-corrected chi connectivity index (χ0v) is 16.5. The molecule has 1 atom stereocenters. The second kappa shape index (κ2) is 8.35. The van der Waals surface area contributed by atoms with E-state index in [9.17, 15) is 9.59 Å². The molecule has 2 amide bonds. The smallest absolute Gasteiger partial charge is 0.227 e. The first-order valence-electron chi connectivity index (χ1n) is 10.3. The predicted octanol–water partition coefficient (Wildman–Crippen LogP) is 2.73. The van der Waals surface area contributed by atoms with E-state index in [1.54, 1.807) is 6.92 Å². The third kappa shape index (κ3) is 3.92. The van der Waals surface area contributed by atoms with Gasteiger partial charge in [-0.15, -0.1) is 0 Å². The molecule has 1 N–H and O–H groups in total. The molecule has 2 fully saturated rings. The lowest BCUT2D eigenvalue weighted by atomic mass is 9.98. The minimum absolute atomic E-state index is 0.112. The van der Waals surface area contributed by atoms with Gasteiger partial charge in [0, 0.05) is 62.4 Å². The Hall–Kier alpha value is -2.34. The van der Waals surface area contributed by atoms with Gasteiger partial charge in [-0.3, -0.25) is 9.59 Å². The molecule has 1 aromatic heterocycles. The second-order valence-electron chi connectivity index (χ2n) is 7.94. The number of nitrogens with one attached hydrogen (secondary N) is 1. The number of aromatic amines is 1. The monoisotopic (exact) mass is 383 g/mol. The number of amides is 2. The molecule has 0 saturated carbocycles. The lowest BCUT2D eigenvalue weighted by Crippen LogP contribution is -2.55. The highest BCUT2D eigenvalue weighted by atomic mass is 16.5. The Bertz CT molecular complexity index is 840. The number of carbonyl (C=O) groups excluding carboxylic acids is 2. The van der Waals surface area contributed by atoms with Gasteiger partial charge in [0.05, 0.1) is 6.42 Å². The summed E-state index contributed by atoms with van der Waals surface area (Å²) < 4.78 is 5.46. The number of H-pyrrole nitrogens is 1. The number of hydrogen-bond acceptors (Lipinski definition) is 3. The zero-order chi connectivity index (χ0) is 19.5. The fourth-order valence-corrected chi connectivity index (χ4v) is 4.74. The molecule has 1 unspecified atom stereocenters. The maximum Gasteiger partial charge on any atom is 0.227 e. The van der Waals surface area contributed by atoms with E-state index in [-0.39, 0.29) is 23.9 Å². The average molecular weight is 383 g/mol. The normalized spacial score (nSPS) is 21.0. The number of piperidine rings is 1. The van der Waals surface area contributed by atoms with Gasteiger partial charge in [-0.1, -0.05) is 18.2 Å². The first-order chi connectivity index (χ1) is 13.6. The number of carbonyl (C=O) groups is 2. The molecule has 0 aliphatic carbocycles. The molecule has 6 heteroatoms. The van der Waals surface area contributed by atoms with Crippen LogP contribution in [0.1, 0.15) is 38.2 Å². The Morgan fingerprint density at radius 3 is 2.75 bits per heavy atom. The van der Waals surface area contributed by atoms with Gasteiger partial charge in [0.1, 0.15) is 0 Å². The lowest BCUT2D eigenvalue weighted by molar-refractivity contribution is -0.142. The summed E-state index contributed by atoms with van der Waals surface area (Å²) in [5.41, 5.74) is 2.10. The van der Waals surface area contributed by atoms with Crippen LogP contribution in [0.5, 0.6) is 0 Å². The van der Waals surface area contributed by atoms with E-state index in [1.165, 1.54) is 0 Å². The van der Waals surface area contributed by atoms with Crippen LogP contribution < -0.4 is 0 Å². The summed E-state index contributed by atoms with van der Waals surface area (Å²) in [6.07, 6.45) is 6.02. The minimum atomic E-state index is 0.112. The SMILES string of the molecule is CC(=O)N(C1CCOCC1)C1CCCN(C(=O)Cc2c[nH]c3ccccc23)C1. The first kappa shape index (κ1) is 19.0. The molecule has 2 aromatic rings. The number of para-hydroxylation sites is 1. The molecule has 28 heavy (non-hydrogen) atoms. The van der Waals surface area contributed by atoms with Crippen molar-refractivity contribution in [3.05, 3.63) is 36.0 Å². The van der Waals surface area contributed by atoms with E-state index in [4.69, 9.17) is 4.74 Å². The highest BCUT2D eigenvalue weighted by Crippen LogP contribution is 2.25. The van der Waals surface area contributed by atoms with Gasteiger partial charge in [-0.05, 0) is 37.3 Å². The second-order valence-corrected chi connectivity index (χ2v) is 7.94. The van der Waals surface area contributed by atoms with Crippen molar-refractivity contribution in [2.24, 2.45) is 0 Å². The van der Waals surface area contributed by atoms with E-state index >= 15 is 0 Å². The molecule has 2 saturated heterocycles. The van der Waals surface area contributed by atoms with E-state index in [0.717, 1.165) is 48.7 Å². The molecule has 150 valence electrons. The Morgan fingerprint density at radius 1 is 1.18 bits per heavy atom. The number of likely N-dealkylation sites (tertiary alicyclic amines) is 1. The summed E-state index contributed by atoms with van der Waals surface area (Å²) >= 11 is 0. The van der Waals surface area contributed by atoms with Gasteiger partial charge in [-0.25, -0.2) is 0 Å². The molecule has 3 heterocycles. The summed E-state index contributed by atoms with van der Waals surface area (Å²) in [6.45, 7) is 4.49. The first-order valence-corrected chi connectivity index (χ1v) is 10.3. The van der Waals surface area contributed by atoms with E-state index in [1.807, 2.05) is 34.2 Å². The van der Waals surface area contributed by atoms with Crippen LogP contribution in [0, 0.1) is 0 Å². The molecule has 0 radical (unpaired) electrons. The number of benzene rings is 1. The Morgan fingerprint density at radius 2 is 1.96 bits per heavy atom. The number of aromatic nitrogens is 1. The molecule has 2 aliphatic rings. The zero-order valence-electron chi connectivity index (χ0n) is 16.5. The fourth-order valence-electron chi connectivity index (χ4n) is 4.74. The summed E-state index contributed by atoms with van der Waals surface area (Å²) in [6, 6.07) is 8.42. The molecule has 4 rings (SSSR count). The van der Waals surface area contributed by atoms with Gasteiger partial charge < -0.3 is 19.5 Å². The molecule has 1 aromatic carbocycles. The Labute approximate surface area is 165 Å². The standard InChI is InChI=1S/C22H29N3O3/c1-16(26)25(18-8-11-28-12-9-18)19-5-4-10-24(15-19)22(27)13-17-14-23-21-7-3-2-6-20(17)21/h2-3,6-7,14,18-19,23H,4-5,8-13,15H2,1H3. The molecular formula is C22H29N3O3. The molecule has 0 spiro atoms. The van der Waals surface area contributed by atoms with Gasteiger partial charge in [-0.2, -0.15) is 0 Å². The maximum atomic E-state index is 13.0. The van der Waals surface area contributed by atoms with E-state index in [0.29, 0.717) is 26.2 Å². The molecule has 6 nitrogen and oxygen atoms in total. The van der Waals surface area contributed by atoms with Crippen LogP contribution >= 0.6 is 0 Å². The Balaban J connectivity index is 1.45. The highest BCUT2D eigenvalue weighted by molar-refractivity contribution is 5.89. The van der Waals surface area contributed by atoms with Crippen LogP contribution in [-0.4, -0.2) is 65.0 Å². The number of nitrogens with zero attached hydrogens (tertiary/aromatic N) is 2. The largest absolute Gasteiger partial charge is 0.381 e. The predicted molar refractivity (Wildman–Crippen MR) is 108 cm³/mol. The summed E-state index contributed by atoms with van der Waals surface area (Å²) in [5.74, 6) is 0.257. The van der Waals surface area contributed by atoms with Crippen molar-refractivity contribution < 1.29 is 14.3 Å².